The van der Waals surface area contributed by atoms with Crippen molar-refractivity contribution < 1.29 is 4.74 Å². The van der Waals surface area contributed by atoms with Crippen molar-refractivity contribution in [2.75, 3.05) is 14.2 Å². The first-order chi connectivity index (χ1) is 10.0. The van der Waals surface area contributed by atoms with Gasteiger partial charge in [-0.25, -0.2) is 0 Å². The Morgan fingerprint density at radius 1 is 1.24 bits per heavy atom. The number of ether oxygens (including phenoxy) is 1. The lowest BCUT2D eigenvalue weighted by Crippen LogP contribution is -2.18. The molecule has 0 saturated heterocycles. The summed E-state index contributed by atoms with van der Waals surface area (Å²) in [5, 5.41) is 5.45. The average Bonchev–Trinajstić information content (AvgIpc) is 2.97. The second-order valence-electron chi connectivity index (χ2n) is 5.97. The number of methoxy groups -OCH3 is 1. The van der Waals surface area contributed by atoms with E-state index in [4.69, 9.17) is 4.74 Å². The molecule has 0 fully saturated rings. The number of nitrogens with one attached hydrogen (secondary N) is 1. The lowest BCUT2D eigenvalue weighted by atomic mass is 9.82. The molecule has 0 bridgehead atoms. The fraction of sp³-hybridized carbons (Fsp3) is 0.444. The van der Waals surface area contributed by atoms with Crippen molar-refractivity contribution in [3.63, 3.8) is 0 Å². The minimum Gasteiger partial charge on any atom is -0.496 e. The molecule has 0 spiro atoms. The van der Waals surface area contributed by atoms with Gasteiger partial charge >= 0.3 is 0 Å². The van der Waals surface area contributed by atoms with Gasteiger partial charge in [0.2, 0.25) is 0 Å². The van der Waals surface area contributed by atoms with Crippen LogP contribution in [0, 0.1) is 0 Å². The molecule has 0 saturated carbocycles. The first-order valence-corrected chi connectivity index (χ1v) is 8.30. The molecule has 1 atom stereocenters. The number of hydrogen-bond donors (Lipinski definition) is 1. The fourth-order valence-electron chi connectivity index (χ4n) is 2.40. The highest BCUT2D eigenvalue weighted by molar-refractivity contribution is 7.10. The molecular formula is C18H25NOS. The van der Waals surface area contributed by atoms with E-state index in [-0.39, 0.29) is 11.5 Å². The topological polar surface area (TPSA) is 21.3 Å². The average molecular weight is 303 g/mol. The van der Waals surface area contributed by atoms with Crippen molar-refractivity contribution in [1.29, 1.82) is 0 Å². The van der Waals surface area contributed by atoms with Crippen LogP contribution in [0.3, 0.4) is 0 Å². The van der Waals surface area contributed by atoms with Gasteiger partial charge in [-0.05, 0) is 36.1 Å². The Hall–Kier alpha value is -1.32. The third-order valence-corrected chi connectivity index (χ3v) is 5.29. The maximum atomic E-state index is 5.29. The number of benzene rings is 1. The van der Waals surface area contributed by atoms with Crippen molar-refractivity contribution in [3.8, 4) is 5.75 Å². The van der Waals surface area contributed by atoms with Crippen LogP contribution in [0.1, 0.15) is 49.2 Å². The summed E-state index contributed by atoms with van der Waals surface area (Å²) in [4.78, 5) is 1.27. The Balaban J connectivity index is 2.27. The summed E-state index contributed by atoms with van der Waals surface area (Å²) in [5.41, 5.74) is 2.92. The van der Waals surface area contributed by atoms with Gasteiger partial charge < -0.3 is 10.1 Å². The van der Waals surface area contributed by atoms with Crippen LogP contribution in [0.25, 0.3) is 0 Å². The molecule has 0 aliphatic carbocycles. The molecule has 0 amide bonds. The van der Waals surface area contributed by atoms with Gasteiger partial charge in [-0.2, -0.15) is 0 Å². The predicted octanol–water partition coefficient (Wildman–Crippen LogP) is 4.75. The molecule has 3 heteroatoms. The molecule has 1 aromatic heterocycles. The molecule has 1 aromatic carbocycles. The SMILES string of the molecule is CCC(C)(C)c1ccc(C(NC)c2cc(OC)cs2)cc1. The van der Waals surface area contributed by atoms with Crippen molar-refractivity contribution in [1.82, 2.24) is 5.32 Å². The van der Waals surface area contributed by atoms with E-state index in [1.165, 1.54) is 16.0 Å². The first-order valence-electron chi connectivity index (χ1n) is 7.42. The van der Waals surface area contributed by atoms with E-state index in [1.54, 1.807) is 18.4 Å². The third-order valence-electron chi connectivity index (χ3n) is 4.31. The minimum absolute atomic E-state index is 0.220. The van der Waals surface area contributed by atoms with E-state index in [2.05, 4.69) is 56.4 Å². The van der Waals surface area contributed by atoms with Crippen LogP contribution in [-0.4, -0.2) is 14.2 Å². The standard InChI is InChI=1S/C18H25NOS/c1-6-18(2,3)14-9-7-13(8-10-14)17(19-4)16-11-15(20-5)12-21-16/h7-12,17,19H,6H2,1-5H3. The zero-order chi connectivity index (χ0) is 15.5. The summed E-state index contributed by atoms with van der Waals surface area (Å²) in [6, 6.07) is 11.3. The normalized spacial score (nSPS) is 13.2. The zero-order valence-corrected chi connectivity index (χ0v) is 14.4. The van der Waals surface area contributed by atoms with Crippen molar-refractivity contribution >= 4 is 11.3 Å². The van der Waals surface area contributed by atoms with Gasteiger partial charge in [-0.3, -0.25) is 0 Å². The maximum absolute atomic E-state index is 5.29. The number of hydrogen-bond acceptors (Lipinski definition) is 3. The van der Waals surface area contributed by atoms with Crippen LogP contribution in [0.15, 0.2) is 35.7 Å². The van der Waals surface area contributed by atoms with E-state index in [0.29, 0.717) is 0 Å². The van der Waals surface area contributed by atoms with Gasteiger partial charge in [0.1, 0.15) is 5.75 Å². The van der Waals surface area contributed by atoms with Crippen LogP contribution in [0.2, 0.25) is 0 Å². The van der Waals surface area contributed by atoms with E-state index < -0.39 is 0 Å². The smallest absolute Gasteiger partial charge is 0.129 e. The van der Waals surface area contributed by atoms with Crippen molar-refractivity contribution in [2.45, 2.75) is 38.6 Å². The van der Waals surface area contributed by atoms with Crippen molar-refractivity contribution in [2.24, 2.45) is 0 Å². The Kier molecular flexibility index (Phi) is 5.07. The Morgan fingerprint density at radius 3 is 2.38 bits per heavy atom. The molecule has 2 nitrogen and oxygen atoms in total. The lowest BCUT2D eigenvalue weighted by Gasteiger charge is -2.24. The first kappa shape index (κ1) is 16.1. The largest absolute Gasteiger partial charge is 0.496 e. The predicted molar refractivity (Wildman–Crippen MR) is 91.5 cm³/mol. The third kappa shape index (κ3) is 3.47. The van der Waals surface area contributed by atoms with E-state index in [0.717, 1.165) is 12.2 Å². The van der Waals surface area contributed by atoms with Gasteiger partial charge in [0.05, 0.1) is 13.2 Å². The summed E-state index contributed by atoms with van der Waals surface area (Å²) < 4.78 is 5.29. The fourth-order valence-corrected chi connectivity index (χ4v) is 3.39. The molecule has 2 aromatic rings. The highest BCUT2D eigenvalue weighted by Crippen LogP contribution is 2.32. The van der Waals surface area contributed by atoms with Gasteiger partial charge in [0.15, 0.2) is 0 Å². The van der Waals surface area contributed by atoms with E-state index in [1.807, 2.05) is 12.4 Å². The summed E-state index contributed by atoms with van der Waals surface area (Å²) in [6.45, 7) is 6.83. The van der Waals surface area contributed by atoms with Crippen LogP contribution in [0.4, 0.5) is 0 Å². The quantitative estimate of drug-likeness (QED) is 0.831. The summed E-state index contributed by atoms with van der Waals surface area (Å²) >= 11 is 1.73. The molecule has 114 valence electrons. The second kappa shape index (κ2) is 6.63. The molecule has 0 radical (unpaired) electrons. The van der Waals surface area contributed by atoms with Crippen LogP contribution in [0.5, 0.6) is 5.75 Å². The molecule has 1 heterocycles. The molecular weight excluding hydrogens is 278 g/mol. The monoisotopic (exact) mass is 303 g/mol. The Bertz CT molecular complexity index is 571. The molecule has 2 rings (SSSR count). The summed E-state index contributed by atoms with van der Waals surface area (Å²) in [6.07, 6.45) is 1.14. The number of rotatable bonds is 6. The Labute approximate surface area is 132 Å². The van der Waals surface area contributed by atoms with Gasteiger partial charge in [0, 0.05) is 10.3 Å². The Morgan fingerprint density at radius 2 is 1.90 bits per heavy atom. The van der Waals surface area contributed by atoms with Gasteiger partial charge in [-0.1, -0.05) is 45.0 Å². The maximum Gasteiger partial charge on any atom is 0.129 e. The molecule has 0 aliphatic rings. The number of thiophene rings is 1. The molecule has 1 N–H and O–H groups in total. The zero-order valence-electron chi connectivity index (χ0n) is 13.6. The molecule has 0 aliphatic heterocycles. The molecule has 21 heavy (non-hydrogen) atoms. The summed E-state index contributed by atoms with van der Waals surface area (Å²) in [7, 11) is 3.71. The van der Waals surface area contributed by atoms with Crippen LogP contribution in [-0.2, 0) is 5.41 Å². The minimum atomic E-state index is 0.220. The van der Waals surface area contributed by atoms with E-state index >= 15 is 0 Å². The van der Waals surface area contributed by atoms with Crippen molar-refractivity contribution in [3.05, 3.63) is 51.7 Å². The summed E-state index contributed by atoms with van der Waals surface area (Å²) in [5.74, 6) is 0.930. The highest BCUT2D eigenvalue weighted by Gasteiger charge is 2.19. The van der Waals surface area contributed by atoms with Gasteiger partial charge in [0.25, 0.3) is 0 Å². The van der Waals surface area contributed by atoms with Crippen LogP contribution >= 0.6 is 11.3 Å². The van der Waals surface area contributed by atoms with Gasteiger partial charge in [-0.15, -0.1) is 11.3 Å². The van der Waals surface area contributed by atoms with Crippen LogP contribution < -0.4 is 10.1 Å². The lowest BCUT2D eigenvalue weighted by molar-refractivity contribution is 0.416. The highest BCUT2D eigenvalue weighted by atomic mass is 32.1. The van der Waals surface area contributed by atoms with E-state index in [9.17, 15) is 0 Å². The molecule has 1 unspecified atom stereocenters. The second-order valence-corrected chi connectivity index (χ2v) is 6.91.